The van der Waals surface area contributed by atoms with Crippen LogP contribution < -0.4 is 4.74 Å². The van der Waals surface area contributed by atoms with Crippen LogP contribution in [0.15, 0.2) is 30.5 Å². The number of nitrogens with zero attached hydrogens (tertiary/aromatic N) is 4. The number of hydrogen-bond acceptors (Lipinski definition) is 3. The molecular weight excluding hydrogens is 288 g/mol. The van der Waals surface area contributed by atoms with E-state index in [0.717, 1.165) is 35.6 Å². The zero-order valence-electron chi connectivity index (χ0n) is 12.1. The molecule has 0 aliphatic heterocycles. The summed E-state index contributed by atoms with van der Waals surface area (Å²) in [6.45, 7) is 0.824. The predicted molar refractivity (Wildman–Crippen MR) is 82.8 cm³/mol. The fourth-order valence-electron chi connectivity index (χ4n) is 2.51. The summed E-state index contributed by atoms with van der Waals surface area (Å²) in [7, 11) is 3.61. The van der Waals surface area contributed by atoms with Gasteiger partial charge in [0, 0.05) is 38.0 Å². The maximum Gasteiger partial charge on any atom is 0.124 e. The van der Waals surface area contributed by atoms with Crippen molar-refractivity contribution in [3.05, 3.63) is 42.0 Å². The van der Waals surface area contributed by atoms with Crippen molar-refractivity contribution in [2.75, 3.05) is 7.11 Å². The monoisotopic (exact) mass is 304 g/mol. The number of aromatic nitrogens is 4. The second-order valence-corrected chi connectivity index (χ2v) is 5.13. The number of fused-ring (bicyclic) bond motifs is 1. The number of ether oxygens (including phenoxy) is 1. The lowest BCUT2D eigenvalue weighted by Gasteiger charge is -2.08. The SMILES string of the molecule is COc1ccc2c(c1)nc(CCl)n2CCc1ccnn1C. The first-order chi connectivity index (χ1) is 10.2. The summed E-state index contributed by atoms with van der Waals surface area (Å²) >= 11 is 6.04. The number of methoxy groups -OCH3 is 1. The number of rotatable bonds is 5. The van der Waals surface area contributed by atoms with Crippen molar-refractivity contribution in [3.8, 4) is 5.75 Å². The Morgan fingerprint density at radius 2 is 2.14 bits per heavy atom. The van der Waals surface area contributed by atoms with Crippen LogP contribution in [0.3, 0.4) is 0 Å². The van der Waals surface area contributed by atoms with Crippen molar-refractivity contribution in [1.82, 2.24) is 19.3 Å². The lowest BCUT2D eigenvalue weighted by molar-refractivity contribution is 0.415. The maximum atomic E-state index is 6.04. The predicted octanol–water partition coefficient (Wildman–Crippen LogP) is 2.76. The molecule has 0 spiro atoms. The van der Waals surface area contributed by atoms with Crippen molar-refractivity contribution in [3.63, 3.8) is 0 Å². The first kappa shape index (κ1) is 13.9. The second-order valence-electron chi connectivity index (χ2n) is 4.86. The molecule has 6 heteroatoms. The molecule has 0 N–H and O–H groups in total. The molecule has 0 aliphatic carbocycles. The number of alkyl halides is 1. The molecule has 1 aromatic carbocycles. The minimum atomic E-state index is 0.391. The Hall–Kier alpha value is -2.01. The molecule has 0 aliphatic rings. The van der Waals surface area contributed by atoms with Crippen molar-refractivity contribution in [1.29, 1.82) is 0 Å². The van der Waals surface area contributed by atoms with Gasteiger partial charge in [-0.15, -0.1) is 11.6 Å². The summed E-state index contributed by atoms with van der Waals surface area (Å²) < 4.78 is 9.30. The fourth-order valence-corrected chi connectivity index (χ4v) is 2.71. The van der Waals surface area contributed by atoms with Gasteiger partial charge in [0.25, 0.3) is 0 Å². The number of halogens is 1. The standard InChI is InChI=1S/C15H17ClN4O/c1-19-11(5-7-17-19)6-8-20-14-4-3-12(21-2)9-13(14)18-15(20)10-16/h3-5,7,9H,6,8,10H2,1-2H3. The molecule has 0 bridgehead atoms. The topological polar surface area (TPSA) is 44.9 Å². The van der Waals surface area contributed by atoms with E-state index < -0.39 is 0 Å². The number of benzene rings is 1. The van der Waals surface area contributed by atoms with Gasteiger partial charge in [0.1, 0.15) is 11.6 Å². The van der Waals surface area contributed by atoms with Gasteiger partial charge in [-0.3, -0.25) is 4.68 Å². The van der Waals surface area contributed by atoms with Crippen LogP contribution in [0.2, 0.25) is 0 Å². The Kier molecular flexibility index (Phi) is 3.84. The lowest BCUT2D eigenvalue weighted by Crippen LogP contribution is -2.08. The molecule has 2 heterocycles. The van der Waals surface area contributed by atoms with Crippen molar-refractivity contribution in [2.45, 2.75) is 18.8 Å². The summed E-state index contributed by atoms with van der Waals surface area (Å²) in [5, 5.41) is 4.19. The normalized spacial score (nSPS) is 11.2. The minimum absolute atomic E-state index is 0.391. The van der Waals surface area contributed by atoms with Crippen LogP contribution >= 0.6 is 11.6 Å². The van der Waals surface area contributed by atoms with Crippen LogP contribution in [0.25, 0.3) is 11.0 Å². The smallest absolute Gasteiger partial charge is 0.124 e. The third kappa shape index (κ3) is 2.61. The van der Waals surface area contributed by atoms with E-state index in [4.69, 9.17) is 16.3 Å². The van der Waals surface area contributed by atoms with E-state index in [0.29, 0.717) is 5.88 Å². The molecule has 5 nitrogen and oxygen atoms in total. The van der Waals surface area contributed by atoms with Crippen molar-refractivity contribution >= 4 is 22.6 Å². The summed E-state index contributed by atoms with van der Waals surface area (Å²) in [4.78, 5) is 4.59. The van der Waals surface area contributed by atoms with Gasteiger partial charge in [-0.1, -0.05) is 0 Å². The van der Waals surface area contributed by atoms with Gasteiger partial charge in [-0.2, -0.15) is 5.10 Å². The third-order valence-corrected chi connectivity index (χ3v) is 3.91. The molecule has 0 amide bonds. The van der Waals surface area contributed by atoms with E-state index in [-0.39, 0.29) is 0 Å². The van der Waals surface area contributed by atoms with Crippen LogP contribution in [0.1, 0.15) is 11.5 Å². The molecule has 3 aromatic rings. The quantitative estimate of drug-likeness (QED) is 0.681. The molecule has 0 saturated heterocycles. The van der Waals surface area contributed by atoms with E-state index in [1.54, 1.807) is 7.11 Å². The molecule has 110 valence electrons. The van der Waals surface area contributed by atoms with Crippen LogP contribution in [-0.2, 0) is 25.9 Å². The highest BCUT2D eigenvalue weighted by Crippen LogP contribution is 2.23. The van der Waals surface area contributed by atoms with Gasteiger partial charge in [0.15, 0.2) is 0 Å². The Morgan fingerprint density at radius 3 is 2.81 bits per heavy atom. The van der Waals surface area contributed by atoms with Crippen LogP contribution in [0.4, 0.5) is 0 Å². The minimum Gasteiger partial charge on any atom is -0.497 e. The van der Waals surface area contributed by atoms with Gasteiger partial charge < -0.3 is 9.30 Å². The highest BCUT2D eigenvalue weighted by molar-refractivity contribution is 6.16. The average molecular weight is 305 g/mol. The zero-order chi connectivity index (χ0) is 14.8. The highest BCUT2D eigenvalue weighted by atomic mass is 35.5. The van der Waals surface area contributed by atoms with Crippen LogP contribution in [-0.4, -0.2) is 26.4 Å². The maximum absolute atomic E-state index is 6.04. The Morgan fingerprint density at radius 1 is 1.29 bits per heavy atom. The summed E-state index contributed by atoms with van der Waals surface area (Å²) in [5.41, 5.74) is 3.18. The summed E-state index contributed by atoms with van der Waals surface area (Å²) in [5.74, 6) is 2.07. The van der Waals surface area contributed by atoms with Gasteiger partial charge in [0.05, 0.1) is 24.0 Å². The summed E-state index contributed by atoms with van der Waals surface area (Å²) in [6, 6.07) is 7.94. The Balaban J connectivity index is 1.94. The zero-order valence-corrected chi connectivity index (χ0v) is 12.8. The lowest BCUT2D eigenvalue weighted by atomic mass is 10.2. The van der Waals surface area contributed by atoms with Gasteiger partial charge >= 0.3 is 0 Å². The average Bonchev–Trinajstić information content (AvgIpc) is 3.07. The molecular formula is C15H17ClN4O. The third-order valence-electron chi connectivity index (χ3n) is 3.67. The molecule has 0 unspecified atom stereocenters. The van der Waals surface area contributed by atoms with Crippen LogP contribution in [0, 0.1) is 0 Å². The molecule has 21 heavy (non-hydrogen) atoms. The Labute approximate surface area is 128 Å². The van der Waals surface area contributed by atoms with E-state index in [1.807, 2.05) is 42.2 Å². The van der Waals surface area contributed by atoms with Crippen molar-refractivity contribution in [2.24, 2.45) is 7.05 Å². The first-order valence-corrected chi connectivity index (χ1v) is 7.32. The van der Waals surface area contributed by atoms with E-state index in [1.165, 1.54) is 5.69 Å². The number of aryl methyl sites for hydroxylation is 3. The van der Waals surface area contributed by atoms with E-state index >= 15 is 0 Å². The fraction of sp³-hybridized carbons (Fsp3) is 0.333. The molecule has 0 atom stereocenters. The molecule has 0 radical (unpaired) electrons. The number of imidazole rings is 1. The highest BCUT2D eigenvalue weighted by Gasteiger charge is 2.11. The van der Waals surface area contributed by atoms with Gasteiger partial charge in [-0.05, 0) is 18.2 Å². The molecule has 3 rings (SSSR count). The largest absolute Gasteiger partial charge is 0.497 e. The van der Waals surface area contributed by atoms with E-state index in [9.17, 15) is 0 Å². The number of hydrogen-bond donors (Lipinski definition) is 0. The first-order valence-electron chi connectivity index (χ1n) is 6.79. The van der Waals surface area contributed by atoms with Gasteiger partial charge in [0.2, 0.25) is 0 Å². The molecule has 0 fully saturated rings. The van der Waals surface area contributed by atoms with Crippen LogP contribution in [0.5, 0.6) is 5.75 Å². The van der Waals surface area contributed by atoms with Gasteiger partial charge in [-0.25, -0.2) is 4.98 Å². The molecule has 2 aromatic heterocycles. The molecule has 0 saturated carbocycles. The second kappa shape index (κ2) is 5.77. The Bertz CT molecular complexity index is 762. The van der Waals surface area contributed by atoms with Crippen molar-refractivity contribution < 1.29 is 4.74 Å². The van der Waals surface area contributed by atoms with E-state index in [2.05, 4.69) is 14.6 Å². The summed E-state index contributed by atoms with van der Waals surface area (Å²) in [6.07, 6.45) is 2.70.